The van der Waals surface area contributed by atoms with E-state index in [-0.39, 0.29) is 17.4 Å². The van der Waals surface area contributed by atoms with E-state index in [4.69, 9.17) is 9.47 Å². The van der Waals surface area contributed by atoms with Gasteiger partial charge in [-0.05, 0) is 48.2 Å². The molecule has 184 valence electrons. The Hall–Kier alpha value is -3.42. The lowest BCUT2D eigenvalue weighted by Crippen LogP contribution is -2.36. The van der Waals surface area contributed by atoms with Gasteiger partial charge < -0.3 is 19.5 Å². The van der Waals surface area contributed by atoms with Gasteiger partial charge in [-0.25, -0.2) is 0 Å². The van der Waals surface area contributed by atoms with E-state index in [2.05, 4.69) is 15.9 Å². The number of hydrogen-bond donors (Lipinski definition) is 1. The van der Waals surface area contributed by atoms with Gasteiger partial charge >= 0.3 is 0 Å². The van der Waals surface area contributed by atoms with Crippen LogP contribution in [0.15, 0.2) is 88.9 Å². The first-order valence-electron chi connectivity index (χ1n) is 11.9. The summed E-state index contributed by atoms with van der Waals surface area (Å²) in [4.78, 5) is 27.9. The maximum Gasteiger partial charge on any atom is 0.295 e. The smallest absolute Gasteiger partial charge is 0.295 e. The van der Waals surface area contributed by atoms with Crippen molar-refractivity contribution in [1.82, 2.24) is 4.90 Å². The fraction of sp³-hybridized carbons (Fsp3) is 0.241. The minimum atomic E-state index is -0.721. The maximum atomic E-state index is 13.2. The van der Waals surface area contributed by atoms with Crippen LogP contribution in [0.25, 0.3) is 5.76 Å². The topological polar surface area (TPSA) is 76.1 Å². The molecule has 2 saturated heterocycles. The monoisotopic (exact) mass is 547 g/mol. The minimum Gasteiger partial charge on any atom is -0.507 e. The van der Waals surface area contributed by atoms with Gasteiger partial charge in [0.25, 0.3) is 11.7 Å². The summed E-state index contributed by atoms with van der Waals surface area (Å²) in [5.41, 5.74) is 2.33. The molecule has 2 atom stereocenters. The number of amides is 1. The van der Waals surface area contributed by atoms with Crippen LogP contribution in [-0.2, 0) is 20.9 Å². The summed E-state index contributed by atoms with van der Waals surface area (Å²) < 4.78 is 12.5. The number of aliphatic hydroxyl groups is 1. The van der Waals surface area contributed by atoms with Crippen molar-refractivity contribution >= 4 is 33.4 Å². The Labute approximate surface area is 218 Å². The average molecular weight is 548 g/mol. The van der Waals surface area contributed by atoms with Crippen LogP contribution in [0.1, 0.15) is 35.6 Å². The van der Waals surface area contributed by atoms with E-state index in [1.54, 1.807) is 24.3 Å². The molecule has 5 rings (SSSR count). The van der Waals surface area contributed by atoms with Gasteiger partial charge in [0.1, 0.15) is 18.1 Å². The third kappa shape index (κ3) is 5.08. The number of halogens is 1. The van der Waals surface area contributed by atoms with Gasteiger partial charge in [-0.3, -0.25) is 9.59 Å². The molecule has 0 aliphatic carbocycles. The number of likely N-dealkylation sites (tertiary alicyclic amines) is 1. The van der Waals surface area contributed by atoms with Crippen LogP contribution >= 0.6 is 15.9 Å². The molecule has 2 fully saturated rings. The van der Waals surface area contributed by atoms with Crippen molar-refractivity contribution in [2.24, 2.45) is 0 Å². The van der Waals surface area contributed by atoms with E-state index < -0.39 is 17.7 Å². The summed E-state index contributed by atoms with van der Waals surface area (Å²) in [7, 11) is 0. The maximum absolute atomic E-state index is 13.2. The molecule has 0 unspecified atom stereocenters. The number of aliphatic hydroxyl groups excluding tert-OH is 1. The van der Waals surface area contributed by atoms with Crippen LogP contribution in [0.5, 0.6) is 5.75 Å². The van der Waals surface area contributed by atoms with Crippen molar-refractivity contribution in [3.63, 3.8) is 0 Å². The molecule has 6 nitrogen and oxygen atoms in total. The van der Waals surface area contributed by atoms with Gasteiger partial charge in [0.15, 0.2) is 0 Å². The molecular formula is C29H26BrNO5. The van der Waals surface area contributed by atoms with E-state index in [1.807, 2.05) is 54.6 Å². The Morgan fingerprint density at radius 2 is 1.72 bits per heavy atom. The number of nitrogens with zero attached hydrogens (tertiary/aromatic N) is 1. The van der Waals surface area contributed by atoms with Crippen LogP contribution in [-0.4, -0.2) is 41.0 Å². The Kier molecular flexibility index (Phi) is 7.20. The Morgan fingerprint density at radius 3 is 2.39 bits per heavy atom. The second kappa shape index (κ2) is 10.7. The number of carbonyl (C=O) groups excluding carboxylic acids is 2. The molecule has 0 saturated carbocycles. The number of hydrogen-bond acceptors (Lipinski definition) is 5. The van der Waals surface area contributed by atoms with E-state index in [1.165, 1.54) is 4.90 Å². The van der Waals surface area contributed by atoms with Crippen molar-refractivity contribution in [2.75, 3.05) is 13.2 Å². The predicted octanol–water partition coefficient (Wildman–Crippen LogP) is 5.63. The van der Waals surface area contributed by atoms with Crippen LogP contribution in [0.2, 0.25) is 0 Å². The van der Waals surface area contributed by atoms with E-state index in [0.29, 0.717) is 31.1 Å². The molecule has 0 spiro atoms. The van der Waals surface area contributed by atoms with Crippen molar-refractivity contribution < 1.29 is 24.2 Å². The highest BCUT2D eigenvalue weighted by Gasteiger charge is 2.47. The largest absolute Gasteiger partial charge is 0.507 e. The lowest BCUT2D eigenvalue weighted by molar-refractivity contribution is -0.140. The lowest BCUT2D eigenvalue weighted by Gasteiger charge is -2.27. The molecular weight excluding hydrogens is 522 g/mol. The second-order valence-corrected chi connectivity index (χ2v) is 9.85. The predicted molar refractivity (Wildman–Crippen MR) is 139 cm³/mol. The fourth-order valence-corrected chi connectivity index (χ4v) is 4.94. The zero-order valence-electron chi connectivity index (χ0n) is 19.6. The van der Waals surface area contributed by atoms with Crippen LogP contribution in [0.4, 0.5) is 0 Å². The first-order chi connectivity index (χ1) is 17.5. The Morgan fingerprint density at radius 1 is 1.00 bits per heavy atom. The standard InChI is InChI=1S/C29H26BrNO5/c30-22-12-8-21(9-13-22)27(32)25-26(31(29(34)28(25)33)17-24-7-4-16-35-24)20-10-14-23(15-11-20)36-18-19-5-2-1-3-6-19/h1-3,5-6,8-15,24,26,32H,4,7,16-18H2/t24-,26+/m0/s1. The zero-order chi connectivity index (χ0) is 25.1. The van der Waals surface area contributed by atoms with Gasteiger partial charge in [0, 0.05) is 23.2 Å². The van der Waals surface area contributed by atoms with Gasteiger partial charge in [-0.1, -0.05) is 70.5 Å². The SMILES string of the molecule is O=C1C(=O)N(C[C@@H]2CCCO2)[C@H](c2ccc(OCc3ccccc3)cc2)C1=C(O)c1ccc(Br)cc1. The number of Topliss-reactive ketones (excluding diaryl/α,β-unsaturated/α-hetero) is 1. The van der Waals surface area contributed by atoms with Crippen molar-refractivity contribution in [1.29, 1.82) is 0 Å². The molecule has 0 radical (unpaired) electrons. The number of ether oxygens (including phenoxy) is 2. The van der Waals surface area contributed by atoms with Crippen LogP contribution in [0.3, 0.4) is 0 Å². The normalized spacial score (nSPS) is 21.2. The molecule has 2 aliphatic rings. The highest BCUT2D eigenvalue weighted by molar-refractivity contribution is 9.10. The quantitative estimate of drug-likeness (QED) is 0.235. The van der Waals surface area contributed by atoms with E-state index in [9.17, 15) is 14.7 Å². The summed E-state index contributed by atoms with van der Waals surface area (Å²) >= 11 is 3.39. The van der Waals surface area contributed by atoms with Gasteiger partial charge in [0.05, 0.1) is 17.7 Å². The highest BCUT2D eigenvalue weighted by atomic mass is 79.9. The molecule has 36 heavy (non-hydrogen) atoms. The molecule has 2 aliphatic heterocycles. The van der Waals surface area contributed by atoms with Gasteiger partial charge in [-0.15, -0.1) is 0 Å². The first kappa shape index (κ1) is 24.3. The van der Waals surface area contributed by atoms with Crippen LogP contribution in [0, 0.1) is 0 Å². The average Bonchev–Trinajstić information content (AvgIpc) is 3.51. The lowest BCUT2D eigenvalue weighted by atomic mass is 9.95. The molecule has 1 amide bonds. The molecule has 1 N–H and O–H groups in total. The number of rotatable bonds is 7. The van der Waals surface area contributed by atoms with Crippen molar-refractivity contribution in [2.45, 2.75) is 31.6 Å². The summed E-state index contributed by atoms with van der Waals surface area (Å²) in [5.74, 6) is -0.835. The fourth-order valence-electron chi connectivity index (χ4n) is 4.67. The third-order valence-corrected chi connectivity index (χ3v) is 7.05. The van der Waals surface area contributed by atoms with Gasteiger partial charge in [-0.2, -0.15) is 0 Å². The van der Waals surface area contributed by atoms with Crippen molar-refractivity contribution in [3.05, 3.63) is 106 Å². The third-order valence-electron chi connectivity index (χ3n) is 6.53. The summed E-state index contributed by atoms with van der Waals surface area (Å²) in [5, 5.41) is 11.2. The van der Waals surface area contributed by atoms with E-state index in [0.717, 1.165) is 28.4 Å². The summed E-state index contributed by atoms with van der Waals surface area (Å²) in [6.07, 6.45) is 1.62. The molecule has 3 aromatic rings. The molecule has 0 bridgehead atoms. The Bertz CT molecular complexity index is 1270. The number of ketones is 1. The highest BCUT2D eigenvalue weighted by Crippen LogP contribution is 2.40. The van der Waals surface area contributed by atoms with Crippen LogP contribution < -0.4 is 4.74 Å². The molecule has 0 aromatic heterocycles. The van der Waals surface area contributed by atoms with Gasteiger partial charge in [0.2, 0.25) is 0 Å². The summed E-state index contributed by atoms with van der Waals surface area (Å²) in [6.45, 7) is 1.37. The first-order valence-corrected chi connectivity index (χ1v) is 12.7. The molecule has 7 heteroatoms. The number of carbonyl (C=O) groups is 2. The molecule has 3 aromatic carbocycles. The molecule has 2 heterocycles. The zero-order valence-corrected chi connectivity index (χ0v) is 21.2. The number of benzene rings is 3. The second-order valence-electron chi connectivity index (χ2n) is 8.94. The Balaban J connectivity index is 1.48. The minimum absolute atomic E-state index is 0.0817. The van der Waals surface area contributed by atoms with E-state index >= 15 is 0 Å². The summed E-state index contributed by atoms with van der Waals surface area (Å²) in [6, 6.07) is 23.5. The van der Waals surface area contributed by atoms with Crippen molar-refractivity contribution in [3.8, 4) is 5.75 Å².